The van der Waals surface area contributed by atoms with Gasteiger partial charge in [0.05, 0.1) is 0 Å². The minimum Gasteiger partial charge on any atom is -0.152 e. The SMILES string of the molecule is C=CCC=CS. The molecule has 0 atom stereocenters. The van der Waals surface area contributed by atoms with Gasteiger partial charge in [0.2, 0.25) is 0 Å². The molecule has 0 saturated carbocycles. The smallest absolute Gasteiger partial charge is 0.0164 e. The van der Waals surface area contributed by atoms with Gasteiger partial charge in [0.25, 0.3) is 0 Å². The summed E-state index contributed by atoms with van der Waals surface area (Å²) in [6.07, 6.45) is 4.67. The van der Waals surface area contributed by atoms with Crippen molar-refractivity contribution in [2.24, 2.45) is 0 Å². The van der Waals surface area contributed by atoms with E-state index in [-0.39, 0.29) is 0 Å². The lowest BCUT2D eigenvalue weighted by Gasteiger charge is -1.69. The molecule has 0 nitrogen and oxygen atoms in total. The van der Waals surface area contributed by atoms with E-state index in [0.717, 1.165) is 6.42 Å². The monoisotopic (exact) mass is 100 g/mol. The van der Waals surface area contributed by atoms with E-state index in [1.807, 2.05) is 12.2 Å². The Hall–Kier alpha value is -0.170. The molecule has 0 aromatic heterocycles. The van der Waals surface area contributed by atoms with Crippen LogP contribution in [0.3, 0.4) is 0 Å². The molecule has 0 aromatic rings. The molecule has 0 fully saturated rings. The normalized spacial score (nSPS) is 9.50. The van der Waals surface area contributed by atoms with Gasteiger partial charge in [-0.05, 0) is 11.8 Å². The molecule has 0 unspecified atom stereocenters. The Morgan fingerprint density at radius 1 is 1.67 bits per heavy atom. The molecule has 0 aromatic carbocycles. The predicted molar refractivity (Wildman–Crippen MR) is 32.9 cm³/mol. The van der Waals surface area contributed by atoms with Crippen LogP contribution in [0.2, 0.25) is 0 Å². The van der Waals surface area contributed by atoms with Gasteiger partial charge in [0.1, 0.15) is 0 Å². The lowest BCUT2D eigenvalue weighted by atomic mass is 10.4. The molecule has 0 aliphatic heterocycles. The van der Waals surface area contributed by atoms with Crippen LogP contribution in [0.4, 0.5) is 0 Å². The van der Waals surface area contributed by atoms with Crippen molar-refractivity contribution in [1.82, 2.24) is 0 Å². The van der Waals surface area contributed by atoms with Crippen molar-refractivity contribution >= 4 is 12.6 Å². The van der Waals surface area contributed by atoms with Gasteiger partial charge >= 0.3 is 0 Å². The Bertz CT molecular complexity index is 55.0. The van der Waals surface area contributed by atoms with Crippen molar-refractivity contribution in [2.75, 3.05) is 0 Å². The maximum absolute atomic E-state index is 3.83. The molecular formula is C5H8S. The van der Waals surface area contributed by atoms with E-state index in [0.29, 0.717) is 0 Å². The van der Waals surface area contributed by atoms with Crippen LogP contribution in [0.5, 0.6) is 0 Å². The molecule has 0 saturated heterocycles. The van der Waals surface area contributed by atoms with Crippen LogP contribution < -0.4 is 0 Å². The molecule has 0 radical (unpaired) electrons. The summed E-state index contributed by atoms with van der Waals surface area (Å²) in [5, 5.41) is 1.71. The van der Waals surface area contributed by atoms with E-state index in [1.165, 1.54) is 0 Å². The largest absolute Gasteiger partial charge is 0.152 e. The first-order valence-electron chi connectivity index (χ1n) is 1.82. The summed E-state index contributed by atoms with van der Waals surface area (Å²) in [5.41, 5.74) is 0. The second-order valence-corrected chi connectivity index (χ2v) is 1.21. The maximum atomic E-state index is 3.83. The Labute approximate surface area is 44.0 Å². The number of hydrogen-bond donors (Lipinski definition) is 1. The van der Waals surface area contributed by atoms with Crippen molar-refractivity contribution in [3.8, 4) is 0 Å². The lowest BCUT2D eigenvalue weighted by molar-refractivity contribution is 1.42. The van der Waals surface area contributed by atoms with Gasteiger partial charge in [-0.2, -0.15) is 12.6 Å². The van der Waals surface area contributed by atoms with Crippen LogP contribution in [-0.4, -0.2) is 0 Å². The summed E-state index contributed by atoms with van der Waals surface area (Å²) in [6, 6.07) is 0. The molecule has 0 spiro atoms. The van der Waals surface area contributed by atoms with Crippen LogP contribution in [0.1, 0.15) is 6.42 Å². The Balaban J connectivity index is 2.85. The van der Waals surface area contributed by atoms with Gasteiger partial charge in [-0.3, -0.25) is 0 Å². The fourth-order valence-electron chi connectivity index (χ4n) is 0.157. The first kappa shape index (κ1) is 5.83. The second-order valence-electron chi connectivity index (χ2n) is 0.909. The molecule has 0 amide bonds. The van der Waals surface area contributed by atoms with Gasteiger partial charge in [0.15, 0.2) is 0 Å². The lowest BCUT2D eigenvalue weighted by Crippen LogP contribution is -1.46. The maximum Gasteiger partial charge on any atom is -0.0164 e. The minimum atomic E-state index is 0.920. The molecule has 0 N–H and O–H groups in total. The van der Waals surface area contributed by atoms with Gasteiger partial charge in [-0.1, -0.05) is 12.2 Å². The third kappa shape index (κ3) is 3.83. The van der Waals surface area contributed by atoms with Crippen LogP contribution in [0.15, 0.2) is 24.1 Å². The number of hydrogen-bond acceptors (Lipinski definition) is 1. The highest BCUT2D eigenvalue weighted by Crippen LogP contribution is 1.83. The van der Waals surface area contributed by atoms with Crippen molar-refractivity contribution in [1.29, 1.82) is 0 Å². The molecule has 0 aliphatic carbocycles. The highest BCUT2D eigenvalue weighted by molar-refractivity contribution is 7.83. The summed E-state index contributed by atoms with van der Waals surface area (Å²) < 4.78 is 0. The zero-order valence-electron chi connectivity index (χ0n) is 3.59. The summed E-state index contributed by atoms with van der Waals surface area (Å²) in [5.74, 6) is 0. The molecule has 0 bridgehead atoms. The van der Waals surface area contributed by atoms with Crippen molar-refractivity contribution in [2.45, 2.75) is 6.42 Å². The van der Waals surface area contributed by atoms with Crippen molar-refractivity contribution < 1.29 is 0 Å². The topological polar surface area (TPSA) is 0 Å². The third-order valence-corrected chi connectivity index (χ3v) is 0.619. The zero-order chi connectivity index (χ0) is 4.83. The molecule has 0 rings (SSSR count). The molecular weight excluding hydrogens is 92.1 g/mol. The van der Waals surface area contributed by atoms with E-state index in [2.05, 4.69) is 19.2 Å². The predicted octanol–water partition coefficient (Wildman–Crippen LogP) is 2.01. The summed E-state index contributed by atoms with van der Waals surface area (Å²) in [7, 11) is 0. The standard InChI is InChI=1S/C5H8S/c1-2-3-4-5-6/h2,4-6H,1,3H2. The summed E-state index contributed by atoms with van der Waals surface area (Å²) >= 11 is 3.83. The Morgan fingerprint density at radius 2 is 2.33 bits per heavy atom. The van der Waals surface area contributed by atoms with E-state index in [4.69, 9.17) is 0 Å². The van der Waals surface area contributed by atoms with Gasteiger partial charge in [-0.25, -0.2) is 0 Å². The molecule has 1 heteroatoms. The molecule has 34 valence electrons. The summed E-state index contributed by atoms with van der Waals surface area (Å²) in [6.45, 7) is 3.51. The second kappa shape index (κ2) is 4.83. The molecule has 0 heterocycles. The minimum absolute atomic E-state index is 0.920. The third-order valence-electron chi connectivity index (χ3n) is 0.408. The molecule has 0 aliphatic rings. The quantitative estimate of drug-likeness (QED) is 0.398. The van der Waals surface area contributed by atoms with Gasteiger partial charge in [-0.15, -0.1) is 6.58 Å². The first-order chi connectivity index (χ1) is 2.91. The average Bonchev–Trinajstić information content (AvgIpc) is 1.61. The van der Waals surface area contributed by atoms with Crippen LogP contribution in [-0.2, 0) is 0 Å². The first-order valence-corrected chi connectivity index (χ1v) is 2.33. The highest BCUT2D eigenvalue weighted by atomic mass is 32.1. The van der Waals surface area contributed by atoms with Crippen molar-refractivity contribution in [3.63, 3.8) is 0 Å². The van der Waals surface area contributed by atoms with Crippen LogP contribution >= 0.6 is 12.6 Å². The fourth-order valence-corrected chi connectivity index (χ4v) is 0.279. The Kier molecular flexibility index (Phi) is 4.69. The van der Waals surface area contributed by atoms with Crippen LogP contribution in [0.25, 0.3) is 0 Å². The zero-order valence-corrected chi connectivity index (χ0v) is 4.49. The van der Waals surface area contributed by atoms with E-state index >= 15 is 0 Å². The van der Waals surface area contributed by atoms with Gasteiger partial charge in [0, 0.05) is 0 Å². The van der Waals surface area contributed by atoms with Crippen molar-refractivity contribution in [3.05, 3.63) is 24.1 Å². The Morgan fingerprint density at radius 3 is 2.50 bits per heavy atom. The van der Waals surface area contributed by atoms with E-state index in [1.54, 1.807) is 5.41 Å². The fraction of sp³-hybridized carbons (Fsp3) is 0.200. The average molecular weight is 100 g/mol. The van der Waals surface area contributed by atoms with E-state index in [9.17, 15) is 0 Å². The number of thiol groups is 1. The summed E-state index contributed by atoms with van der Waals surface area (Å²) in [4.78, 5) is 0. The van der Waals surface area contributed by atoms with E-state index < -0.39 is 0 Å². The number of rotatable bonds is 2. The van der Waals surface area contributed by atoms with Crippen LogP contribution in [0, 0.1) is 0 Å². The highest BCUT2D eigenvalue weighted by Gasteiger charge is 1.58. The molecule has 6 heavy (non-hydrogen) atoms. The van der Waals surface area contributed by atoms with Gasteiger partial charge < -0.3 is 0 Å². The number of allylic oxidation sites excluding steroid dienone is 2.